The molecule has 1 aliphatic carbocycles. The number of nitrogens with zero attached hydrogens (tertiary/aromatic N) is 1. The van der Waals surface area contributed by atoms with Crippen LogP contribution in [-0.2, 0) is 9.47 Å². The van der Waals surface area contributed by atoms with Crippen LogP contribution in [0.15, 0.2) is 0 Å². The number of ether oxygens (including phenoxy) is 2. The van der Waals surface area contributed by atoms with Gasteiger partial charge in [-0.25, -0.2) is 0 Å². The van der Waals surface area contributed by atoms with Crippen LogP contribution in [0.2, 0.25) is 0 Å². The number of hydrogen-bond donors (Lipinski definition) is 0. The average molecular weight is 187 g/mol. The van der Waals surface area contributed by atoms with Crippen molar-refractivity contribution in [2.75, 3.05) is 26.8 Å². The van der Waals surface area contributed by atoms with Gasteiger partial charge in [0.1, 0.15) is 0 Å². The highest BCUT2D eigenvalue weighted by Gasteiger charge is 2.27. The highest BCUT2D eigenvalue weighted by atomic mass is 16.7. The van der Waals surface area contributed by atoms with Crippen molar-refractivity contribution in [1.82, 2.24) is 4.90 Å². The molecule has 3 heteroatoms. The van der Waals surface area contributed by atoms with E-state index in [-0.39, 0.29) is 6.29 Å². The first-order valence-electron chi connectivity index (χ1n) is 5.21. The number of likely N-dealkylation sites (N-methyl/N-ethyl adjacent to an activating group) is 1. The van der Waals surface area contributed by atoms with Crippen LogP contribution >= 0.6 is 0 Å². The van der Waals surface area contributed by atoms with Crippen LogP contribution in [-0.4, -0.2) is 44.0 Å². The van der Waals surface area contributed by atoms with E-state index in [1.807, 2.05) is 13.8 Å². The molecule has 1 rings (SSSR count). The Morgan fingerprint density at radius 1 is 1.23 bits per heavy atom. The van der Waals surface area contributed by atoms with Crippen LogP contribution in [0.25, 0.3) is 0 Å². The lowest BCUT2D eigenvalue weighted by atomic mass is 10.5. The second-order valence-corrected chi connectivity index (χ2v) is 3.51. The van der Waals surface area contributed by atoms with Crippen molar-refractivity contribution in [1.29, 1.82) is 0 Å². The molecule has 0 unspecified atom stereocenters. The Morgan fingerprint density at radius 3 is 2.15 bits per heavy atom. The van der Waals surface area contributed by atoms with Crippen LogP contribution in [0.1, 0.15) is 26.7 Å². The van der Waals surface area contributed by atoms with Gasteiger partial charge in [0, 0.05) is 25.8 Å². The molecule has 0 heterocycles. The maximum absolute atomic E-state index is 5.47. The van der Waals surface area contributed by atoms with Crippen LogP contribution in [0.5, 0.6) is 0 Å². The number of rotatable bonds is 7. The molecule has 0 bridgehead atoms. The lowest BCUT2D eigenvalue weighted by Gasteiger charge is -2.23. The van der Waals surface area contributed by atoms with Crippen LogP contribution in [0, 0.1) is 0 Å². The fraction of sp³-hybridized carbons (Fsp3) is 1.00. The fourth-order valence-electron chi connectivity index (χ4n) is 1.42. The lowest BCUT2D eigenvalue weighted by molar-refractivity contribution is -0.145. The van der Waals surface area contributed by atoms with E-state index in [0.29, 0.717) is 0 Å². The summed E-state index contributed by atoms with van der Waals surface area (Å²) in [6, 6.07) is 0.781. The van der Waals surface area contributed by atoms with Crippen molar-refractivity contribution >= 4 is 0 Å². The van der Waals surface area contributed by atoms with Gasteiger partial charge in [-0.3, -0.25) is 4.90 Å². The molecule has 0 aliphatic heterocycles. The van der Waals surface area contributed by atoms with Gasteiger partial charge in [0.25, 0.3) is 0 Å². The van der Waals surface area contributed by atoms with Gasteiger partial charge in [-0.15, -0.1) is 0 Å². The van der Waals surface area contributed by atoms with Gasteiger partial charge < -0.3 is 9.47 Å². The zero-order chi connectivity index (χ0) is 9.68. The number of hydrogen-bond acceptors (Lipinski definition) is 3. The molecule has 0 radical (unpaired) electrons. The van der Waals surface area contributed by atoms with E-state index in [0.717, 1.165) is 25.8 Å². The van der Waals surface area contributed by atoms with Gasteiger partial charge in [-0.05, 0) is 33.7 Å². The molecule has 13 heavy (non-hydrogen) atoms. The van der Waals surface area contributed by atoms with Crippen molar-refractivity contribution in [3.8, 4) is 0 Å². The summed E-state index contributed by atoms with van der Waals surface area (Å²) in [6.45, 7) is 6.35. The minimum absolute atomic E-state index is 0.0411. The van der Waals surface area contributed by atoms with E-state index in [2.05, 4.69) is 11.9 Å². The largest absolute Gasteiger partial charge is 0.352 e. The van der Waals surface area contributed by atoms with Crippen molar-refractivity contribution in [3.63, 3.8) is 0 Å². The van der Waals surface area contributed by atoms with Gasteiger partial charge in [0.05, 0.1) is 0 Å². The Bertz CT molecular complexity index is 131. The summed E-state index contributed by atoms with van der Waals surface area (Å²) in [5.74, 6) is 0. The highest BCUT2D eigenvalue weighted by Crippen LogP contribution is 2.25. The molecule has 3 nitrogen and oxygen atoms in total. The van der Waals surface area contributed by atoms with Crippen LogP contribution in [0.4, 0.5) is 0 Å². The Labute approximate surface area is 81.0 Å². The first-order valence-corrected chi connectivity index (χ1v) is 5.21. The molecule has 0 aromatic carbocycles. The van der Waals surface area contributed by atoms with Gasteiger partial charge >= 0.3 is 0 Å². The predicted molar refractivity (Wildman–Crippen MR) is 52.7 cm³/mol. The summed E-state index contributed by atoms with van der Waals surface area (Å²) in [4.78, 5) is 2.33. The van der Waals surface area contributed by atoms with E-state index >= 15 is 0 Å². The maximum Gasteiger partial charge on any atom is 0.170 e. The topological polar surface area (TPSA) is 21.7 Å². The van der Waals surface area contributed by atoms with E-state index in [9.17, 15) is 0 Å². The third-order valence-corrected chi connectivity index (χ3v) is 2.31. The van der Waals surface area contributed by atoms with Crippen molar-refractivity contribution in [3.05, 3.63) is 0 Å². The lowest BCUT2D eigenvalue weighted by Crippen LogP contribution is -2.34. The van der Waals surface area contributed by atoms with Gasteiger partial charge in [-0.1, -0.05) is 0 Å². The second kappa shape index (κ2) is 5.58. The third kappa shape index (κ3) is 4.07. The molecular weight excluding hydrogens is 166 g/mol. The van der Waals surface area contributed by atoms with Crippen molar-refractivity contribution < 1.29 is 9.47 Å². The molecular formula is C10H21NO2. The van der Waals surface area contributed by atoms with Crippen LogP contribution < -0.4 is 0 Å². The summed E-state index contributed by atoms with van der Waals surface area (Å²) < 4.78 is 10.9. The fourth-order valence-corrected chi connectivity index (χ4v) is 1.42. The minimum atomic E-state index is -0.0411. The molecule has 78 valence electrons. The summed E-state index contributed by atoms with van der Waals surface area (Å²) in [7, 11) is 2.14. The SMILES string of the molecule is CCOC(CN(C)C1CC1)OCC. The molecule has 0 N–H and O–H groups in total. The molecule has 1 aliphatic rings. The molecule has 1 saturated carbocycles. The van der Waals surface area contributed by atoms with E-state index in [1.54, 1.807) is 0 Å². The zero-order valence-corrected chi connectivity index (χ0v) is 8.95. The summed E-state index contributed by atoms with van der Waals surface area (Å²) >= 11 is 0. The van der Waals surface area contributed by atoms with Gasteiger partial charge in [0.15, 0.2) is 6.29 Å². The Balaban J connectivity index is 2.18. The molecule has 0 amide bonds. The predicted octanol–water partition coefficient (Wildman–Crippen LogP) is 1.48. The molecule has 0 saturated heterocycles. The van der Waals surface area contributed by atoms with E-state index < -0.39 is 0 Å². The molecule has 0 aromatic rings. The van der Waals surface area contributed by atoms with E-state index in [4.69, 9.17) is 9.47 Å². The summed E-state index contributed by atoms with van der Waals surface area (Å²) in [5.41, 5.74) is 0. The highest BCUT2D eigenvalue weighted by molar-refractivity contribution is 4.82. The quantitative estimate of drug-likeness (QED) is 0.563. The monoisotopic (exact) mass is 187 g/mol. The molecule has 1 fully saturated rings. The Morgan fingerprint density at radius 2 is 1.77 bits per heavy atom. The molecule has 0 spiro atoms. The third-order valence-electron chi connectivity index (χ3n) is 2.31. The Hall–Kier alpha value is -0.120. The first kappa shape index (κ1) is 11.0. The van der Waals surface area contributed by atoms with Gasteiger partial charge in [-0.2, -0.15) is 0 Å². The molecule has 0 aromatic heterocycles. The van der Waals surface area contributed by atoms with E-state index in [1.165, 1.54) is 12.8 Å². The average Bonchev–Trinajstić information content (AvgIpc) is 2.87. The second-order valence-electron chi connectivity index (χ2n) is 3.51. The minimum Gasteiger partial charge on any atom is -0.352 e. The maximum atomic E-state index is 5.47. The van der Waals surface area contributed by atoms with Crippen molar-refractivity contribution in [2.45, 2.75) is 39.0 Å². The summed E-state index contributed by atoms with van der Waals surface area (Å²) in [6.07, 6.45) is 2.63. The van der Waals surface area contributed by atoms with Crippen LogP contribution in [0.3, 0.4) is 0 Å². The standard InChI is InChI=1S/C10H21NO2/c1-4-12-10(13-5-2)8-11(3)9-6-7-9/h9-10H,4-8H2,1-3H3. The molecule has 0 atom stereocenters. The smallest absolute Gasteiger partial charge is 0.170 e. The summed E-state index contributed by atoms with van der Waals surface area (Å²) in [5, 5.41) is 0. The Kier molecular flexibility index (Phi) is 4.70. The normalized spacial score (nSPS) is 17.3. The first-order chi connectivity index (χ1) is 6.27. The van der Waals surface area contributed by atoms with Gasteiger partial charge in [0.2, 0.25) is 0 Å². The zero-order valence-electron chi connectivity index (χ0n) is 8.95. The van der Waals surface area contributed by atoms with Crippen molar-refractivity contribution in [2.24, 2.45) is 0 Å².